The summed E-state index contributed by atoms with van der Waals surface area (Å²) in [6.07, 6.45) is 3.82. The first kappa shape index (κ1) is 8.13. The van der Waals surface area contributed by atoms with Gasteiger partial charge in [0.1, 0.15) is 4.60 Å². The Kier molecular flexibility index (Phi) is 1.70. The summed E-state index contributed by atoms with van der Waals surface area (Å²) in [4.78, 5) is 8.53. The SMILES string of the molecule is Cc1nc(C2(N)CC2)cnc1Br. The molecule has 1 saturated carbocycles. The zero-order chi connectivity index (χ0) is 8.77. The van der Waals surface area contributed by atoms with Gasteiger partial charge in [-0.1, -0.05) is 0 Å². The maximum absolute atomic E-state index is 5.97. The molecular weight excluding hydrogens is 218 g/mol. The first-order valence-electron chi connectivity index (χ1n) is 3.90. The lowest BCUT2D eigenvalue weighted by atomic mass is 10.2. The molecular formula is C8H10BrN3. The lowest BCUT2D eigenvalue weighted by Crippen LogP contribution is -2.21. The molecule has 0 atom stereocenters. The van der Waals surface area contributed by atoms with Crippen LogP contribution in [0.2, 0.25) is 0 Å². The summed E-state index contributed by atoms with van der Waals surface area (Å²) in [6.45, 7) is 1.92. The lowest BCUT2D eigenvalue weighted by Gasteiger charge is -2.07. The largest absolute Gasteiger partial charge is 0.320 e. The number of aromatic nitrogens is 2. The average Bonchev–Trinajstić information content (AvgIpc) is 2.75. The van der Waals surface area contributed by atoms with Crippen LogP contribution in [0, 0.1) is 6.92 Å². The van der Waals surface area contributed by atoms with Gasteiger partial charge < -0.3 is 5.73 Å². The van der Waals surface area contributed by atoms with Gasteiger partial charge in [-0.3, -0.25) is 4.98 Å². The second-order valence-electron chi connectivity index (χ2n) is 3.29. The van der Waals surface area contributed by atoms with Crippen LogP contribution in [-0.2, 0) is 5.54 Å². The van der Waals surface area contributed by atoms with Crippen molar-refractivity contribution in [2.75, 3.05) is 0 Å². The fourth-order valence-electron chi connectivity index (χ4n) is 1.10. The second-order valence-corrected chi connectivity index (χ2v) is 4.04. The molecule has 64 valence electrons. The molecule has 0 unspecified atom stereocenters. The molecule has 12 heavy (non-hydrogen) atoms. The van der Waals surface area contributed by atoms with Gasteiger partial charge in [0, 0.05) is 0 Å². The average molecular weight is 228 g/mol. The molecule has 1 aromatic rings. The van der Waals surface area contributed by atoms with E-state index in [2.05, 4.69) is 25.9 Å². The van der Waals surface area contributed by atoms with Crippen molar-refractivity contribution in [3.63, 3.8) is 0 Å². The van der Waals surface area contributed by atoms with E-state index in [9.17, 15) is 0 Å². The van der Waals surface area contributed by atoms with Crippen LogP contribution < -0.4 is 5.73 Å². The van der Waals surface area contributed by atoms with Crippen LogP contribution in [0.15, 0.2) is 10.8 Å². The van der Waals surface area contributed by atoms with Gasteiger partial charge in [-0.15, -0.1) is 0 Å². The Morgan fingerprint density at radius 3 is 2.75 bits per heavy atom. The van der Waals surface area contributed by atoms with Crippen molar-refractivity contribution in [1.29, 1.82) is 0 Å². The Bertz CT molecular complexity index is 320. The number of hydrogen-bond donors (Lipinski definition) is 1. The highest BCUT2D eigenvalue weighted by atomic mass is 79.9. The molecule has 0 radical (unpaired) electrons. The minimum Gasteiger partial charge on any atom is -0.320 e. The maximum atomic E-state index is 5.97. The number of nitrogens with two attached hydrogens (primary N) is 1. The quantitative estimate of drug-likeness (QED) is 0.792. The van der Waals surface area contributed by atoms with Crippen LogP contribution in [0.5, 0.6) is 0 Å². The van der Waals surface area contributed by atoms with Crippen molar-refractivity contribution in [3.05, 3.63) is 22.2 Å². The molecule has 0 saturated heterocycles. The standard InChI is InChI=1S/C8H10BrN3/c1-5-7(9)11-4-6(12-5)8(10)2-3-8/h4H,2-3,10H2,1H3. The van der Waals surface area contributed by atoms with E-state index in [1.54, 1.807) is 6.20 Å². The van der Waals surface area contributed by atoms with Crippen LogP contribution >= 0.6 is 15.9 Å². The van der Waals surface area contributed by atoms with Crippen molar-refractivity contribution in [2.24, 2.45) is 5.73 Å². The van der Waals surface area contributed by atoms with Gasteiger partial charge in [-0.2, -0.15) is 0 Å². The van der Waals surface area contributed by atoms with E-state index in [0.717, 1.165) is 28.8 Å². The Hall–Kier alpha value is -0.480. The molecule has 2 rings (SSSR count). The summed E-state index contributed by atoms with van der Waals surface area (Å²) in [7, 11) is 0. The molecule has 0 aliphatic heterocycles. The van der Waals surface area contributed by atoms with E-state index in [-0.39, 0.29) is 5.54 Å². The molecule has 4 heteroatoms. The molecule has 0 spiro atoms. The molecule has 0 aromatic carbocycles. The van der Waals surface area contributed by atoms with Crippen molar-refractivity contribution in [1.82, 2.24) is 9.97 Å². The summed E-state index contributed by atoms with van der Waals surface area (Å²) in [5, 5.41) is 0. The summed E-state index contributed by atoms with van der Waals surface area (Å²) in [5.41, 5.74) is 7.63. The fourth-order valence-corrected chi connectivity index (χ4v) is 1.29. The van der Waals surface area contributed by atoms with Crippen LogP contribution in [0.3, 0.4) is 0 Å². The van der Waals surface area contributed by atoms with Gasteiger partial charge in [0.05, 0.1) is 23.1 Å². The van der Waals surface area contributed by atoms with E-state index in [0.29, 0.717) is 0 Å². The minimum absolute atomic E-state index is 0.168. The van der Waals surface area contributed by atoms with Gasteiger partial charge >= 0.3 is 0 Å². The van der Waals surface area contributed by atoms with Crippen LogP contribution in [0.1, 0.15) is 24.2 Å². The number of hydrogen-bond acceptors (Lipinski definition) is 3. The highest BCUT2D eigenvalue weighted by Crippen LogP contribution is 2.41. The van der Waals surface area contributed by atoms with E-state index in [1.807, 2.05) is 6.92 Å². The smallest absolute Gasteiger partial charge is 0.127 e. The number of aryl methyl sites for hydroxylation is 1. The highest BCUT2D eigenvalue weighted by Gasteiger charge is 2.41. The van der Waals surface area contributed by atoms with E-state index < -0.39 is 0 Å². The van der Waals surface area contributed by atoms with Crippen LogP contribution in [-0.4, -0.2) is 9.97 Å². The topological polar surface area (TPSA) is 51.8 Å². The predicted molar refractivity (Wildman–Crippen MR) is 49.6 cm³/mol. The van der Waals surface area contributed by atoms with Crippen molar-refractivity contribution in [3.8, 4) is 0 Å². The summed E-state index contributed by atoms with van der Waals surface area (Å²) < 4.78 is 0.801. The van der Waals surface area contributed by atoms with Crippen molar-refractivity contribution in [2.45, 2.75) is 25.3 Å². The van der Waals surface area contributed by atoms with Gasteiger partial charge in [0.2, 0.25) is 0 Å². The summed E-state index contributed by atoms with van der Waals surface area (Å²) in [6, 6.07) is 0. The Balaban J connectivity index is 2.41. The molecule has 1 fully saturated rings. The molecule has 2 N–H and O–H groups in total. The number of halogens is 1. The van der Waals surface area contributed by atoms with Crippen molar-refractivity contribution >= 4 is 15.9 Å². The normalized spacial score (nSPS) is 19.2. The van der Waals surface area contributed by atoms with Crippen molar-refractivity contribution < 1.29 is 0 Å². The Morgan fingerprint density at radius 2 is 2.25 bits per heavy atom. The zero-order valence-electron chi connectivity index (χ0n) is 6.84. The van der Waals surface area contributed by atoms with Gasteiger partial charge in [-0.25, -0.2) is 4.98 Å². The predicted octanol–water partition coefficient (Wildman–Crippen LogP) is 1.50. The Morgan fingerprint density at radius 1 is 1.58 bits per heavy atom. The van der Waals surface area contributed by atoms with Gasteiger partial charge in [0.15, 0.2) is 0 Å². The third-order valence-corrected chi connectivity index (χ3v) is 2.96. The molecule has 1 aromatic heterocycles. The van der Waals surface area contributed by atoms with Crippen LogP contribution in [0.25, 0.3) is 0 Å². The number of rotatable bonds is 1. The first-order chi connectivity index (χ1) is 5.62. The third kappa shape index (κ3) is 1.25. The van der Waals surface area contributed by atoms with Gasteiger partial charge in [-0.05, 0) is 35.7 Å². The highest BCUT2D eigenvalue weighted by molar-refractivity contribution is 9.10. The molecule has 1 aliphatic carbocycles. The molecule has 0 bridgehead atoms. The monoisotopic (exact) mass is 227 g/mol. The van der Waals surface area contributed by atoms with E-state index in [4.69, 9.17) is 5.73 Å². The molecule has 1 heterocycles. The fraction of sp³-hybridized carbons (Fsp3) is 0.500. The third-order valence-electron chi connectivity index (χ3n) is 2.19. The summed E-state index contributed by atoms with van der Waals surface area (Å²) >= 11 is 3.30. The van der Waals surface area contributed by atoms with E-state index in [1.165, 1.54) is 0 Å². The second kappa shape index (κ2) is 2.50. The first-order valence-corrected chi connectivity index (χ1v) is 4.70. The van der Waals surface area contributed by atoms with E-state index >= 15 is 0 Å². The Labute approximate surface area is 79.5 Å². The zero-order valence-corrected chi connectivity index (χ0v) is 8.43. The molecule has 1 aliphatic rings. The van der Waals surface area contributed by atoms with Gasteiger partial charge in [0.25, 0.3) is 0 Å². The maximum Gasteiger partial charge on any atom is 0.127 e. The van der Waals surface area contributed by atoms with Crippen LogP contribution in [0.4, 0.5) is 0 Å². The lowest BCUT2D eigenvalue weighted by molar-refractivity contribution is 0.694. The molecule has 3 nitrogen and oxygen atoms in total. The number of nitrogens with zero attached hydrogens (tertiary/aromatic N) is 2. The molecule has 0 amide bonds. The minimum atomic E-state index is -0.168. The summed E-state index contributed by atoms with van der Waals surface area (Å²) in [5.74, 6) is 0.